The van der Waals surface area contributed by atoms with Gasteiger partial charge in [0.1, 0.15) is 11.8 Å². The molecule has 1 aliphatic rings. The molecule has 4 aromatic rings. The fourth-order valence-corrected chi connectivity index (χ4v) is 3.48. The molecule has 0 atom stereocenters. The Labute approximate surface area is 150 Å². The zero-order valence-electron chi connectivity index (χ0n) is 14.2. The number of fused-ring (bicyclic) bond motifs is 2. The standard InChI is InChI=1S/C20H18N4O2/c1-3-15(14-4-2-9-21-16(14)5-1)19-18-17(23-24-19)6-10-22-20(18)26-13-7-11-25-12-8-13/h1-6,9-10,13H,7-8,11-12H2,(H,23,24). The van der Waals surface area contributed by atoms with E-state index in [9.17, 15) is 0 Å². The molecule has 0 spiro atoms. The number of nitrogens with one attached hydrogen (secondary N) is 1. The zero-order chi connectivity index (χ0) is 17.3. The lowest BCUT2D eigenvalue weighted by Gasteiger charge is -2.23. The lowest BCUT2D eigenvalue weighted by atomic mass is 10.0. The van der Waals surface area contributed by atoms with E-state index in [1.54, 1.807) is 12.4 Å². The van der Waals surface area contributed by atoms with Gasteiger partial charge in [-0.3, -0.25) is 10.1 Å². The highest BCUT2D eigenvalue weighted by Crippen LogP contribution is 2.36. The van der Waals surface area contributed by atoms with Crippen LogP contribution in [-0.2, 0) is 4.74 Å². The predicted molar refractivity (Wildman–Crippen MR) is 99.1 cm³/mol. The molecule has 0 bridgehead atoms. The van der Waals surface area contributed by atoms with Gasteiger partial charge in [-0.25, -0.2) is 4.98 Å². The van der Waals surface area contributed by atoms with Crippen LogP contribution < -0.4 is 4.74 Å². The van der Waals surface area contributed by atoms with Gasteiger partial charge in [-0.2, -0.15) is 5.10 Å². The third kappa shape index (κ3) is 2.59. The summed E-state index contributed by atoms with van der Waals surface area (Å²) < 4.78 is 11.7. The molecule has 1 fully saturated rings. The fraction of sp³-hybridized carbons (Fsp3) is 0.250. The van der Waals surface area contributed by atoms with Crippen LogP contribution in [0.1, 0.15) is 12.8 Å². The van der Waals surface area contributed by atoms with Gasteiger partial charge in [0, 0.05) is 36.2 Å². The van der Waals surface area contributed by atoms with Crippen LogP contribution in [0.15, 0.2) is 48.8 Å². The van der Waals surface area contributed by atoms with Crippen molar-refractivity contribution in [2.75, 3.05) is 13.2 Å². The molecule has 0 aliphatic carbocycles. The molecule has 6 nitrogen and oxygen atoms in total. The maximum Gasteiger partial charge on any atom is 0.225 e. The molecule has 6 heteroatoms. The highest BCUT2D eigenvalue weighted by Gasteiger charge is 2.21. The Morgan fingerprint density at radius 3 is 2.85 bits per heavy atom. The summed E-state index contributed by atoms with van der Waals surface area (Å²) in [6, 6.07) is 12.0. The second-order valence-corrected chi connectivity index (χ2v) is 6.42. The van der Waals surface area contributed by atoms with Gasteiger partial charge < -0.3 is 9.47 Å². The van der Waals surface area contributed by atoms with Gasteiger partial charge in [-0.15, -0.1) is 0 Å². The van der Waals surface area contributed by atoms with Crippen LogP contribution in [0.5, 0.6) is 5.88 Å². The van der Waals surface area contributed by atoms with Gasteiger partial charge in [0.25, 0.3) is 0 Å². The first kappa shape index (κ1) is 15.3. The van der Waals surface area contributed by atoms with Crippen LogP contribution in [0.25, 0.3) is 33.1 Å². The van der Waals surface area contributed by atoms with Gasteiger partial charge in [-0.05, 0) is 18.2 Å². The molecule has 1 N–H and O–H groups in total. The second kappa shape index (κ2) is 6.38. The van der Waals surface area contributed by atoms with Crippen LogP contribution in [0.3, 0.4) is 0 Å². The summed E-state index contributed by atoms with van der Waals surface area (Å²) in [5.74, 6) is 0.624. The maximum atomic E-state index is 6.23. The Kier molecular flexibility index (Phi) is 3.75. The number of hydrogen-bond acceptors (Lipinski definition) is 5. The molecule has 130 valence electrons. The van der Waals surface area contributed by atoms with E-state index < -0.39 is 0 Å². The number of aromatic amines is 1. The molecular formula is C20H18N4O2. The molecule has 5 rings (SSSR count). The molecule has 26 heavy (non-hydrogen) atoms. The van der Waals surface area contributed by atoms with Gasteiger partial charge in [0.05, 0.1) is 29.6 Å². The van der Waals surface area contributed by atoms with E-state index in [2.05, 4.69) is 32.3 Å². The second-order valence-electron chi connectivity index (χ2n) is 6.42. The highest BCUT2D eigenvalue weighted by molar-refractivity contribution is 6.04. The monoisotopic (exact) mass is 346 g/mol. The van der Waals surface area contributed by atoms with Crippen molar-refractivity contribution in [3.8, 4) is 17.1 Å². The van der Waals surface area contributed by atoms with Crippen molar-refractivity contribution in [2.45, 2.75) is 18.9 Å². The van der Waals surface area contributed by atoms with Gasteiger partial charge in [0.15, 0.2) is 0 Å². The van der Waals surface area contributed by atoms with Crippen LogP contribution in [0.4, 0.5) is 0 Å². The molecule has 0 unspecified atom stereocenters. The number of ether oxygens (including phenoxy) is 2. The van der Waals surface area contributed by atoms with Crippen molar-refractivity contribution in [3.63, 3.8) is 0 Å². The lowest BCUT2D eigenvalue weighted by Crippen LogP contribution is -2.26. The lowest BCUT2D eigenvalue weighted by molar-refractivity contribution is 0.0244. The van der Waals surface area contributed by atoms with E-state index in [1.165, 1.54) is 0 Å². The van der Waals surface area contributed by atoms with Crippen LogP contribution in [0.2, 0.25) is 0 Å². The molecule has 1 saturated heterocycles. The maximum absolute atomic E-state index is 6.23. The van der Waals surface area contributed by atoms with Gasteiger partial charge >= 0.3 is 0 Å². The highest BCUT2D eigenvalue weighted by atomic mass is 16.5. The zero-order valence-corrected chi connectivity index (χ0v) is 14.2. The predicted octanol–water partition coefficient (Wildman–Crippen LogP) is 3.73. The number of aromatic nitrogens is 4. The minimum absolute atomic E-state index is 0.124. The summed E-state index contributed by atoms with van der Waals surface area (Å²) in [6.07, 6.45) is 5.44. The minimum Gasteiger partial charge on any atom is -0.474 e. The number of nitrogens with zero attached hydrogens (tertiary/aromatic N) is 3. The normalized spacial score (nSPS) is 15.5. The average molecular weight is 346 g/mol. The van der Waals surface area contributed by atoms with E-state index >= 15 is 0 Å². The first-order chi connectivity index (χ1) is 12.9. The van der Waals surface area contributed by atoms with Gasteiger partial charge in [0.2, 0.25) is 5.88 Å². The summed E-state index contributed by atoms with van der Waals surface area (Å²) in [6.45, 7) is 1.46. The first-order valence-corrected chi connectivity index (χ1v) is 8.82. The Morgan fingerprint density at radius 1 is 1.00 bits per heavy atom. The van der Waals surface area contributed by atoms with Crippen molar-refractivity contribution in [2.24, 2.45) is 0 Å². The van der Waals surface area contributed by atoms with Crippen LogP contribution in [-0.4, -0.2) is 39.5 Å². The molecule has 3 aromatic heterocycles. The average Bonchev–Trinajstić information content (AvgIpc) is 3.13. The van der Waals surface area contributed by atoms with Crippen LogP contribution in [0, 0.1) is 0 Å². The summed E-state index contributed by atoms with van der Waals surface area (Å²) in [5.41, 5.74) is 3.72. The molecule has 1 aliphatic heterocycles. The van der Waals surface area contributed by atoms with E-state index in [0.29, 0.717) is 5.88 Å². The third-order valence-corrected chi connectivity index (χ3v) is 4.79. The smallest absolute Gasteiger partial charge is 0.225 e. The van der Waals surface area contributed by atoms with Crippen molar-refractivity contribution < 1.29 is 9.47 Å². The van der Waals surface area contributed by atoms with E-state index in [0.717, 1.165) is 59.1 Å². The Hall–Kier alpha value is -2.99. The van der Waals surface area contributed by atoms with E-state index in [1.807, 2.05) is 24.3 Å². The minimum atomic E-state index is 0.124. The van der Waals surface area contributed by atoms with Crippen molar-refractivity contribution in [1.82, 2.24) is 20.2 Å². The number of benzene rings is 1. The molecule has 0 amide bonds. The Morgan fingerprint density at radius 2 is 1.92 bits per heavy atom. The summed E-state index contributed by atoms with van der Waals surface area (Å²) in [5, 5.41) is 9.66. The molecular weight excluding hydrogens is 328 g/mol. The van der Waals surface area contributed by atoms with Crippen LogP contribution >= 0.6 is 0 Å². The number of hydrogen-bond donors (Lipinski definition) is 1. The largest absolute Gasteiger partial charge is 0.474 e. The number of pyridine rings is 2. The molecule has 0 saturated carbocycles. The molecule has 4 heterocycles. The number of H-pyrrole nitrogens is 1. The van der Waals surface area contributed by atoms with Crippen molar-refractivity contribution >= 4 is 21.8 Å². The molecule has 0 radical (unpaired) electrons. The Bertz CT molecular complexity index is 1060. The van der Waals surface area contributed by atoms with E-state index in [4.69, 9.17) is 9.47 Å². The summed E-state index contributed by atoms with van der Waals surface area (Å²) in [4.78, 5) is 8.95. The Balaban J connectivity index is 1.66. The first-order valence-electron chi connectivity index (χ1n) is 8.82. The van der Waals surface area contributed by atoms with Gasteiger partial charge in [-0.1, -0.05) is 18.2 Å². The van der Waals surface area contributed by atoms with Crippen molar-refractivity contribution in [1.29, 1.82) is 0 Å². The SMILES string of the molecule is c1cc(-c2n[nH]c3ccnc(OC4CCOCC4)c23)c2cccnc2c1. The van der Waals surface area contributed by atoms with E-state index in [-0.39, 0.29) is 6.10 Å². The summed E-state index contributed by atoms with van der Waals surface area (Å²) >= 11 is 0. The van der Waals surface area contributed by atoms with Crippen molar-refractivity contribution in [3.05, 3.63) is 48.8 Å². The number of rotatable bonds is 3. The summed E-state index contributed by atoms with van der Waals surface area (Å²) in [7, 11) is 0. The third-order valence-electron chi connectivity index (χ3n) is 4.79. The molecule has 1 aromatic carbocycles. The topological polar surface area (TPSA) is 72.9 Å². The fourth-order valence-electron chi connectivity index (χ4n) is 3.48. The quantitative estimate of drug-likeness (QED) is 0.612.